The monoisotopic (exact) mass is 476 g/mol. The van der Waals surface area contributed by atoms with E-state index in [1.807, 2.05) is 0 Å². The molecule has 1 aromatic heterocycles. The number of nitrogens with one attached hydrogen (secondary N) is 2. The number of hydrogen-bond donors (Lipinski definition) is 2. The quantitative estimate of drug-likeness (QED) is 0.379. The maximum absolute atomic E-state index is 13.1. The Kier molecular flexibility index (Phi) is 6.68. The lowest BCUT2D eigenvalue weighted by Gasteiger charge is -2.14. The van der Waals surface area contributed by atoms with Gasteiger partial charge in [0.15, 0.2) is 0 Å². The zero-order valence-corrected chi connectivity index (χ0v) is 17.0. The molecule has 0 aliphatic rings. The third-order valence-corrected chi connectivity index (χ3v) is 4.30. The van der Waals surface area contributed by atoms with Gasteiger partial charge in [0.25, 0.3) is 0 Å². The number of halogens is 7. The molecule has 2 aromatic carbocycles. The van der Waals surface area contributed by atoms with Crippen molar-refractivity contribution in [3.05, 3.63) is 59.1 Å². The molecule has 0 amide bonds. The van der Waals surface area contributed by atoms with Gasteiger partial charge in [0.05, 0.1) is 16.3 Å². The van der Waals surface area contributed by atoms with Crippen LogP contribution in [0.4, 0.5) is 43.8 Å². The molecule has 170 valence electrons. The Hall–Kier alpha value is -3.21. The molecule has 0 saturated heterocycles. The highest BCUT2D eigenvalue weighted by molar-refractivity contribution is 6.31. The molecular weight excluding hydrogens is 462 g/mol. The fourth-order valence-corrected chi connectivity index (χ4v) is 2.94. The van der Waals surface area contributed by atoms with Crippen molar-refractivity contribution in [2.24, 2.45) is 0 Å². The third-order valence-electron chi connectivity index (χ3n) is 3.97. The number of benzene rings is 2. The third kappa shape index (κ3) is 6.16. The van der Waals surface area contributed by atoms with Gasteiger partial charge in [-0.3, -0.25) is 0 Å². The van der Waals surface area contributed by atoms with Gasteiger partial charge in [-0.25, -0.2) is 4.98 Å². The van der Waals surface area contributed by atoms with Crippen molar-refractivity contribution in [3.63, 3.8) is 0 Å². The minimum atomic E-state index is -4.86. The van der Waals surface area contributed by atoms with E-state index < -0.39 is 28.9 Å². The first-order valence-corrected chi connectivity index (χ1v) is 9.45. The molecule has 5 nitrogen and oxygen atoms in total. The summed E-state index contributed by atoms with van der Waals surface area (Å²) in [6.45, 7) is 2.20. The van der Waals surface area contributed by atoms with Gasteiger partial charge in [-0.1, -0.05) is 23.7 Å². The molecule has 0 saturated carbocycles. The average Bonchev–Trinajstić information content (AvgIpc) is 2.67. The van der Waals surface area contributed by atoms with Crippen molar-refractivity contribution in [1.82, 2.24) is 9.97 Å². The molecule has 1 heterocycles. The number of ether oxygens (including phenoxy) is 1. The molecule has 0 unspecified atom stereocenters. The predicted octanol–water partition coefficient (Wildman–Crippen LogP) is 6.89. The summed E-state index contributed by atoms with van der Waals surface area (Å²) in [6.07, 6.45) is -9.52. The first-order chi connectivity index (χ1) is 14.9. The maximum atomic E-state index is 13.1. The van der Waals surface area contributed by atoms with Crippen molar-refractivity contribution in [2.45, 2.75) is 19.5 Å². The molecule has 0 fully saturated rings. The summed E-state index contributed by atoms with van der Waals surface area (Å²) in [4.78, 5) is 8.42. The lowest BCUT2D eigenvalue weighted by Crippen LogP contribution is -2.17. The van der Waals surface area contributed by atoms with Gasteiger partial charge in [0, 0.05) is 23.9 Å². The Morgan fingerprint density at radius 3 is 2.38 bits per heavy atom. The summed E-state index contributed by atoms with van der Waals surface area (Å²) >= 11 is 5.64. The molecule has 3 aromatic rings. The van der Waals surface area contributed by atoms with Crippen LogP contribution in [0.1, 0.15) is 12.5 Å². The second-order valence-electron chi connectivity index (χ2n) is 6.39. The minimum Gasteiger partial charge on any atom is -0.406 e. The number of hydrogen-bond acceptors (Lipinski definition) is 5. The normalized spacial score (nSPS) is 11.9. The zero-order valence-electron chi connectivity index (χ0n) is 16.3. The van der Waals surface area contributed by atoms with Gasteiger partial charge in [-0.15, -0.1) is 13.2 Å². The maximum Gasteiger partial charge on any atom is 0.573 e. The standard InChI is InChI=1S/C20H15ClF6N4O/c1-2-28-18-30-16(11-4-3-5-13(8-11)32-20(25,26)27)10-17(31-18)29-12-6-7-15(21)14(9-12)19(22,23)24/h3-10H,2H2,1H3,(H2,28,29,30,31). The summed E-state index contributed by atoms with van der Waals surface area (Å²) < 4.78 is 80.9. The summed E-state index contributed by atoms with van der Waals surface area (Å²) in [6, 6.07) is 9.78. The van der Waals surface area contributed by atoms with Crippen LogP contribution >= 0.6 is 11.6 Å². The van der Waals surface area contributed by atoms with Crippen molar-refractivity contribution in [1.29, 1.82) is 0 Å². The van der Waals surface area contributed by atoms with Crippen LogP contribution < -0.4 is 15.4 Å². The van der Waals surface area contributed by atoms with Crippen LogP contribution in [0.5, 0.6) is 5.75 Å². The van der Waals surface area contributed by atoms with Gasteiger partial charge < -0.3 is 15.4 Å². The van der Waals surface area contributed by atoms with Crippen LogP contribution in [0.25, 0.3) is 11.3 Å². The van der Waals surface area contributed by atoms with Gasteiger partial charge in [-0.2, -0.15) is 18.2 Å². The van der Waals surface area contributed by atoms with E-state index in [1.54, 1.807) is 6.92 Å². The van der Waals surface area contributed by atoms with E-state index in [1.165, 1.54) is 24.3 Å². The smallest absolute Gasteiger partial charge is 0.406 e. The lowest BCUT2D eigenvalue weighted by molar-refractivity contribution is -0.274. The topological polar surface area (TPSA) is 59.1 Å². The molecule has 0 aliphatic carbocycles. The molecule has 0 aliphatic heterocycles. The van der Waals surface area contributed by atoms with Gasteiger partial charge >= 0.3 is 12.5 Å². The summed E-state index contributed by atoms with van der Waals surface area (Å²) in [5.41, 5.74) is -0.468. The summed E-state index contributed by atoms with van der Waals surface area (Å²) in [7, 11) is 0. The molecule has 12 heteroatoms. The highest BCUT2D eigenvalue weighted by Gasteiger charge is 2.33. The van der Waals surface area contributed by atoms with Crippen LogP contribution in [0, 0.1) is 0 Å². The van der Waals surface area contributed by atoms with Gasteiger partial charge in [0.2, 0.25) is 5.95 Å². The first-order valence-electron chi connectivity index (χ1n) is 9.07. The zero-order chi connectivity index (χ0) is 23.5. The van der Waals surface area contributed by atoms with E-state index in [9.17, 15) is 26.3 Å². The van der Waals surface area contributed by atoms with Crippen LogP contribution in [0.3, 0.4) is 0 Å². The number of alkyl halides is 6. The second kappa shape index (κ2) is 9.11. The Bertz CT molecular complexity index is 1100. The first kappa shape index (κ1) is 23.5. The van der Waals surface area contributed by atoms with Crippen molar-refractivity contribution >= 4 is 29.1 Å². The fraction of sp³-hybridized carbons (Fsp3) is 0.200. The van der Waals surface area contributed by atoms with Crippen LogP contribution in [0.15, 0.2) is 48.5 Å². The van der Waals surface area contributed by atoms with Crippen LogP contribution in [-0.2, 0) is 6.18 Å². The van der Waals surface area contributed by atoms with E-state index in [0.29, 0.717) is 6.54 Å². The van der Waals surface area contributed by atoms with Gasteiger partial charge in [-0.05, 0) is 37.3 Å². The number of anilines is 3. The lowest BCUT2D eigenvalue weighted by atomic mass is 10.1. The highest BCUT2D eigenvalue weighted by Crippen LogP contribution is 2.37. The minimum absolute atomic E-state index is 0.0583. The average molecular weight is 477 g/mol. The Labute approximate surface area is 183 Å². The van der Waals surface area contributed by atoms with E-state index in [4.69, 9.17) is 11.6 Å². The van der Waals surface area contributed by atoms with E-state index in [-0.39, 0.29) is 28.7 Å². The number of aromatic nitrogens is 2. The van der Waals surface area contributed by atoms with Crippen molar-refractivity contribution in [3.8, 4) is 17.0 Å². The Morgan fingerprint density at radius 1 is 0.969 bits per heavy atom. The SMILES string of the molecule is CCNc1nc(Nc2ccc(Cl)c(C(F)(F)F)c2)cc(-c2cccc(OC(F)(F)F)c2)n1. The molecular formula is C20H15ClF6N4O. The Morgan fingerprint density at radius 2 is 1.72 bits per heavy atom. The van der Waals surface area contributed by atoms with Crippen LogP contribution in [0.2, 0.25) is 5.02 Å². The molecule has 0 spiro atoms. The number of rotatable bonds is 6. The van der Waals surface area contributed by atoms with Gasteiger partial charge in [0.1, 0.15) is 11.6 Å². The summed E-state index contributed by atoms with van der Waals surface area (Å²) in [5.74, 6) is -0.205. The van der Waals surface area contributed by atoms with Crippen molar-refractivity contribution < 1.29 is 31.1 Å². The van der Waals surface area contributed by atoms with E-state index in [0.717, 1.165) is 24.3 Å². The number of nitrogens with zero attached hydrogens (tertiary/aromatic N) is 2. The summed E-state index contributed by atoms with van der Waals surface area (Å²) in [5, 5.41) is 5.15. The van der Waals surface area contributed by atoms with Crippen LogP contribution in [-0.4, -0.2) is 22.9 Å². The second-order valence-corrected chi connectivity index (χ2v) is 6.79. The highest BCUT2D eigenvalue weighted by atomic mass is 35.5. The fourth-order valence-electron chi connectivity index (χ4n) is 2.72. The molecule has 3 rings (SSSR count). The predicted molar refractivity (Wildman–Crippen MR) is 108 cm³/mol. The molecule has 0 radical (unpaired) electrons. The largest absolute Gasteiger partial charge is 0.573 e. The Balaban J connectivity index is 1.98. The molecule has 2 N–H and O–H groups in total. The van der Waals surface area contributed by atoms with Crippen molar-refractivity contribution in [2.75, 3.05) is 17.2 Å². The molecule has 0 atom stereocenters. The molecule has 32 heavy (non-hydrogen) atoms. The van der Waals surface area contributed by atoms with E-state index in [2.05, 4.69) is 25.3 Å². The van der Waals surface area contributed by atoms with E-state index >= 15 is 0 Å². The molecule has 0 bridgehead atoms.